The van der Waals surface area contributed by atoms with Crippen LogP contribution in [-0.4, -0.2) is 36.5 Å². The topological polar surface area (TPSA) is 41.6 Å². The van der Waals surface area contributed by atoms with Crippen LogP contribution in [0.15, 0.2) is 48.5 Å². The summed E-state index contributed by atoms with van der Waals surface area (Å²) in [4.78, 5) is 14.4. The number of hydrogen-bond acceptors (Lipinski definition) is 3. The van der Waals surface area contributed by atoms with E-state index in [2.05, 4.69) is 10.1 Å². The minimum absolute atomic E-state index is 0.0245. The van der Waals surface area contributed by atoms with Gasteiger partial charge in [0, 0.05) is 31.2 Å². The van der Waals surface area contributed by atoms with E-state index >= 15 is 0 Å². The average molecular weight is 442 g/mol. The molecule has 0 saturated carbocycles. The van der Waals surface area contributed by atoms with Gasteiger partial charge in [0.1, 0.15) is 5.75 Å². The van der Waals surface area contributed by atoms with Crippen molar-refractivity contribution in [3.05, 3.63) is 65.2 Å². The van der Waals surface area contributed by atoms with Crippen molar-refractivity contribution in [1.29, 1.82) is 0 Å². The van der Waals surface area contributed by atoms with Gasteiger partial charge in [-0.05, 0) is 30.5 Å². The number of alkyl halides is 5. The molecule has 31 heavy (non-hydrogen) atoms. The fourth-order valence-corrected chi connectivity index (χ4v) is 3.65. The van der Waals surface area contributed by atoms with Gasteiger partial charge in [0.05, 0.1) is 12.0 Å². The smallest absolute Gasteiger partial charge is 0.416 e. The Bertz CT molecular complexity index is 880. The molecule has 0 aromatic heterocycles. The molecule has 3 rings (SSSR count). The lowest BCUT2D eigenvalue weighted by molar-refractivity contribution is -0.137. The largest absolute Gasteiger partial charge is 0.435 e. The first-order valence-corrected chi connectivity index (χ1v) is 9.91. The van der Waals surface area contributed by atoms with Crippen LogP contribution in [0.5, 0.6) is 5.75 Å². The van der Waals surface area contributed by atoms with Gasteiger partial charge in [-0.2, -0.15) is 22.0 Å². The molecule has 1 heterocycles. The molecule has 1 aliphatic rings. The number of carbonyl (C=O) groups excluding carboxylic acids is 1. The van der Waals surface area contributed by atoms with E-state index in [0.717, 1.165) is 12.1 Å². The third-order valence-electron chi connectivity index (χ3n) is 5.15. The van der Waals surface area contributed by atoms with Gasteiger partial charge in [-0.15, -0.1) is 0 Å². The average Bonchev–Trinajstić information content (AvgIpc) is 2.70. The Morgan fingerprint density at radius 3 is 2.48 bits per heavy atom. The first-order chi connectivity index (χ1) is 14.7. The Balaban J connectivity index is 1.48. The van der Waals surface area contributed by atoms with Crippen molar-refractivity contribution in [3.8, 4) is 5.75 Å². The summed E-state index contributed by atoms with van der Waals surface area (Å²) in [6.45, 7) is -1.30. The molecule has 0 radical (unpaired) electrons. The van der Waals surface area contributed by atoms with Crippen LogP contribution in [0.1, 0.15) is 29.5 Å². The summed E-state index contributed by atoms with van der Waals surface area (Å²) in [6.07, 6.45) is -3.14. The third-order valence-corrected chi connectivity index (χ3v) is 5.15. The van der Waals surface area contributed by atoms with Gasteiger partial charge in [0.2, 0.25) is 5.91 Å². The summed E-state index contributed by atoms with van der Waals surface area (Å²) in [5.74, 6) is -0.315. The van der Waals surface area contributed by atoms with E-state index in [-0.39, 0.29) is 24.1 Å². The Kier molecular flexibility index (Phi) is 7.48. The molecule has 0 bridgehead atoms. The Morgan fingerprint density at radius 1 is 1.10 bits per heavy atom. The van der Waals surface area contributed by atoms with E-state index < -0.39 is 18.4 Å². The predicted octanol–water partition coefficient (Wildman–Crippen LogP) is 4.63. The van der Waals surface area contributed by atoms with Crippen LogP contribution in [-0.2, 0) is 23.9 Å². The maximum absolute atomic E-state index is 12.9. The van der Waals surface area contributed by atoms with Crippen LogP contribution in [0, 0.1) is 0 Å². The second-order valence-corrected chi connectivity index (χ2v) is 7.48. The number of ether oxygens (including phenoxy) is 1. The van der Waals surface area contributed by atoms with Gasteiger partial charge in [0.15, 0.2) is 0 Å². The molecule has 1 amide bonds. The number of para-hydroxylation sites is 1. The molecule has 0 aliphatic carbocycles. The highest BCUT2D eigenvalue weighted by Crippen LogP contribution is 2.30. The molecule has 4 nitrogen and oxygen atoms in total. The number of carbonyl (C=O) groups is 1. The lowest BCUT2D eigenvalue weighted by Crippen LogP contribution is -2.44. The molecule has 2 aromatic rings. The summed E-state index contributed by atoms with van der Waals surface area (Å²) >= 11 is 0. The number of piperidine rings is 1. The van der Waals surface area contributed by atoms with Gasteiger partial charge in [0.25, 0.3) is 0 Å². The van der Waals surface area contributed by atoms with E-state index in [1.165, 1.54) is 12.1 Å². The van der Waals surface area contributed by atoms with Crippen LogP contribution >= 0.6 is 0 Å². The molecule has 1 N–H and O–H groups in total. The fourth-order valence-electron chi connectivity index (χ4n) is 3.65. The van der Waals surface area contributed by atoms with E-state index in [1.807, 2.05) is 4.90 Å². The number of benzene rings is 2. The van der Waals surface area contributed by atoms with Crippen molar-refractivity contribution in [2.75, 3.05) is 13.1 Å². The van der Waals surface area contributed by atoms with Crippen LogP contribution in [0.4, 0.5) is 22.0 Å². The van der Waals surface area contributed by atoms with Gasteiger partial charge >= 0.3 is 12.8 Å². The maximum atomic E-state index is 12.9. The third kappa shape index (κ3) is 6.92. The van der Waals surface area contributed by atoms with Gasteiger partial charge in [-0.1, -0.05) is 36.4 Å². The van der Waals surface area contributed by atoms with E-state index in [4.69, 9.17) is 0 Å². The van der Waals surface area contributed by atoms with Gasteiger partial charge < -0.3 is 10.1 Å². The maximum Gasteiger partial charge on any atom is 0.416 e. The van der Waals surface area contributed by atoms with Crippen molar-refractivity contribution in [2.24, 2.45) is 0 Å². The first-order valence-electron chi connectivity index (χ1n) is 9.91. The molecular weight excluding hydrogens is 419 g/mol. The number of nitrogens with zero attached hydrogens (tertiary/aromatic N) is 1. The van der Waals surface area contributed by atoms with Crippen LogP contribution in [0.2, 0.25) is 0 Å². The molecule has 9 heteroatoms. The number of amides is 1. The van der Waals surface area contributed by atoms with Crippen LogP contribution in [0.3, 0.4) is 0 Å². The van der Waals surface area contributed by atoms with Crippen LogP contribution < -0.4 is 10.1 Å². The summed E-state index contributed by atoms with van der Waals surface area (Å²) in [7, 11) is 0. The SMILES string of the molecule is O=C(Cc1ccccc1OC(F)F)NC1CCN(Cc2cccc(C(F)(F)F)c2)CC1. The first kappa shape index (κ1) is 23.0. The number of likely N-dealkylation sites (tertiary alicyclic amines) is 1. The summed E-state index contributed by atoms with van der Waals surface area (Å²) < 4.78 is 68.0. The molecule has 2 aromatic carbocycles. The minimum atomic E-state index is -4.37. The minimum Gasteiger partial charge on any atom is -0.435 e. The molecule has 168 valence electrons. The van der Waals surface area contributed by atoms with E-state index in [1.54, 1.807) is 24.3 Å². The quantitative estimate of drug-likeness (QED) is 0.636. The Morgan fingerprint density at radius 2 is 1.81 bits per heavy atom. The van der Waals surface area contributed by atoms with Gasteiger partial charge in [-0.3, -0.25) is 9.69 Å². The number of hydrogen-bond donors (Lipinski definition) is 1. The van der Waals surface area contributed by atoms with E-state index in [9.17, 15) is 26.7 Å². The standard InChI is InChI=1S/C22H23F5N2O2/c23-21(24)31-19-7-2-1-5-16(19)13-20(30)28-18-8-10-29(11-9-18)14-15-4-3-6-17(12-15)22(25,26)27/h1-7,12,18,21H,8-11,13-14H2,(H,28,30). The molecule has 0 unspecified atom stereocenters. The molecular formula is C22H23F5N2O2. The highest BCUT2D eigenvalue weighted by molar-refractivity contribution is 5.79. The van der Waals surface area contributed by atoms with Crippen molar-refractivity contribution < 1.29 is 31.5 Å². The number of rotatable bonds is 7. The Labute approximate surface area is 177 Å². The lowest BCUT2D eigenvalue weighted by Gasteiger charge is -2.32. The summed E-state index contributed by atoms with van der Waals surface area (Å²) in [6, 6.07) is 11.4. The highest BCUT2D eigenvalue weighted by atomic mass is 19.4. The zero-order valence-corrected chi connectivity index (χ0v) is 16.7. The zero-order chi connectivity index (χ0) is 22.4. The summed E-state index contributed by atoms with van der Waals surface area (Å²) in [5.41, 5.74) is 0.304. The predicted molar refractivity (Wildman–Crippen MR) is 105 cm³/mol. The van der Waals surface area contributed by atoms with Crippen molar-refractivity contribution in [1.82, 2.24) is 10.2 Å². The highest BCUT2D eigenvalue weighted by Gasteiger charge is 2.30. The van der Waals surface area contributed by atoms with Crippen molar-refractivity contribution in [2.45, 2.75) is 44.6 Å². The second kappa shape index (κ2) is 10.1. The van der Waals surface area contributed by atoms with Crippen LogP contribution in [0.25, 0.3) is 0 Å². The Hall–Kier alpha value is -2.68. The normalized spacial score (nSPS) is 15.8. The second-order valence-electron chi connectivity index (χ2n) is 7.48. The van der Waals surface area contributed by atoms with Crippen molar-refractivity contribution in [3.63, 3.8) is 0 Å². The summed E-state index contributed by atoms with van der Waals surface area (Å²) in [5, 5.41) is 2.90. The molecule has 1 aliphatic heterocycles. The lowest BCUT2D eigenvalue weighted by atomic mass is 10.0. The molecule has 0 spiro atoms. The zero-order valence-electron chi connectivity index (χ0n) is 16.7. The van der Waals surface area contributed by atoms with E-state index in [0.29, 0.717) is 43.6 Å². The molecule has 1 saturated heterocycles. The molecule has 0 atom stereocenters. The fraction of sp³-hybridized carbons (Fsp3) is 0.409. The molecule has 1 fully saturated rings. The number of halogens is 5. The van der Waals surface area contributed by atoms with Gasteiger partial charge in [-0.25, -0.2) is 0 Å². The van der Waals surface area contributed by atoms with Crippen molar-refractivity contribution >= 4 is 5.91 Å². The monoisotopic (exact) mass is 442 g/mol. The number of nitrogens with one attached hydrogen (secondary N) is 1.